The number of aliphatic carboxylic acids is 1. The lowest BCUT2D eigenvalue weighted by Gasteiger charge is -2.44. The number of carboxylic acid groups (broad SMARTS) is 1. The fourth-order valence-corrected chi connectivity index (χ4v) is 3.97. The maximum absolute atomic E-state index is 10.6. The van der Waals surface area contributed by atoms with Crippen LogP contribution in [0, 0.1) is 0 Å². The van der Waals surface area contributed by atoms with Crippen LogP contribution in [0.15, 0.2) is 0 Å². The van der Waals surface area contributed by atoms with E-state index in [4.69, 9.17) is 14.3 Å². The number of hydrogen-bond acceptors (Lipinski definition) is 3. The average molecular weight is 288 g/mol. The summed E-state index contributed by atoms with van der Waals surface area (Å²) in [7, 11) is -1.85. The van der Waals surface area contributed by atoms with Gasteiger partial charge in [0.2, 0.25) is 0 Å². The van der Waals surface area contributed by atoms with E-state index in [9.17, 15) is 4.79 Å². The summed E-state index contributed by atoms with van der Waals surface area (Å²) in [6.45, 7) is 11.3. The smallest absolute Gasteiger partial charge is 0.329 e. The maximum atomic E-state index is 10.6. The zero-order valence-corrected chi connectivity index (χ0v) is 13.9. The van der Waals surface area contributed by atoms with Gasteiger partial charge in [0, 0.05) is 0 Å². The van der Waals surface area contributed by atoms with Gasteiger partial charge in [0.1, 0.15) is 6.61 Å². The molecule has 0 aromatic carbocycles. The molecule has 19 heavy (non-hydrogen) atoms. The second kappa shape index (κ2) is 5.93. The predicted molar refractivity (Wildman–Crippen MR) is 77.9 cm³/mol. The Morgan fingerprint density at radius 1 is 1.26 bits per heavy atom. The highest BCUT2D eigenvalue weighted by molar-refractivity contribution is 6.74. The Bertz CT molecular complexity index is 314. The molecule has 0 spiro atoms. The van der Waals surface area contributed by atoms with Crippen molar-refractivity contribution < 1.29 is 19.1 Å². The summed E-state index contributed by atoms with van der Waals surface area (Å²) in [5.74, 6) is -0.916. The van der Waals surface area contributed by atoms with Crippen molar-refractivity contribution in [2.45, 2.75) is 70.2 Å². The molecular formula is C14H28O4Si. The van der Waals surface area contributed by atoms with Crippen LogP contribution in [0.4, 0.5) is 0 Å². The van der Waals surface area contributed by atoms with Gasteiger partial charge in [-0.25, -0.2) is 4.79 Å². The van der Waals surface area contributed by atoms with Crippen LogP contribution in [-0.2, 0) is 14.0 Å². The molecule has 0 unspecified atom stereocenters. The molecule has 0 saturated heterocycles. The highest BCUT2D eigenvalue weighted by Gasteiger charge is 2.46. The number of carboxylic acids is 1. The first-order chi connectivity index (χ1) is 8.58. The molecule has 1 fully saturated rings. The van der Waals surface area contributed by atoms with E-state index in [0.29, 0.717) is 6.61 Å². The largest absolute Gasteiger partial charge is 0.480 e. The number of rotatable bonds is 6. The molecule has 0 aromatic heterocycles. The molecule has 5 heteroatoms. The quantitative estimate of drug-likeness (QED) is 0.761. The zero-order valence-electron chi connectivity index (χ0n) is 12.9. The summed E-state index contributed by atoms with van der Waals surface area (Å²) in [4.78, 5) is 10.6. The molecule has 0 aliphatic heterocycles. The van der Waals surface area contributed by atoms with E-state index in [2.05, 4.69) is 33.9 Å². The summed E-state index contributed by atoms with van der Waals surface area (Å²) in [5, 5.41) is 8.84. The normalized spacial score (nSPS) is 19.6. The van der Waals surface area contributed by atoms with Crippen LogP contribution in [-0.4, -0.2) is 38.2 Å². The Morgan fingerprint density at radius 3 is 2.21 bits per heavy atom. The molecule has 0 heterocycles. The second-order valence-corrected chi connectivity index (χ2v) is 11.9. The highest BCUT2D eigenvalue weighted by Crippen LogP contribution is 2.43. The van der Waals surface area contributed by atoms with Crippen molar-refractivity contribution in [3.05, 3.63) is 0 Å². The number of hydrogen-bond donors (Lipinski definition) is 1. The Kier molecular flexibility index (Phi) is 5.20. The first-order valence-corrected chi connectivity index (χ1v) is 9.99. The van der Waals surface area contributed by atoms with E-state index in [1.807, 2.05) is 0 Å². The van der Waals surface area contributed by atoms with Crippen LogP contribution < -0.4 is 0 Å². The van der Waals surface area contributed by atoms with Gasteiger partial charge in [0.25, 0.3) is 0 Å². The average Bonchev–Trinajstić information content (AvgIpc) is 2.63. The van der Waals surface area contributed by atoms with Crippen LogP contribution in [0.5, 0.6) is 0 Å². The monoisotopic (exact) mass is 288 g/mol. The fraction of sp³-hybridized carbons (Fsp3) is 0.929. The summed E-state index contributed by atoms with van der Waals surface area (Å²) < 4.78 is 11.9. The maximum Gasteiger partial charge on any atom is 0.329 e. The highest BCUT2D eigenvalue weighted by atomic mass is 28.4. The van der Waals surface area contributed by atoms with Crippen molar-refractivity contribution in [2.24, 2.45) is 0 Å². The van der Waals surface area contributed by atoms with Gasteiger partial charge in [0.05, 0.1) is 12.2 Å². The third-order valence-corrected chi connectivity index (χ3v) is 8.94. The van der Waals surface area contributed by atoms with Gasteiger partial charge in [-0.05, 0) is 31.0 Å². The van der Waals surface area contributed by atoms with Crippen molar-refractivity contribution in [3.8, 4) is 0 Å². The molecular weight excluding hydrogens is 260 g/mol. The topological polar surface area (TPSA) is 55.8 Å². The van der Waals surface area contributed by atoms with Crippen LogP contribution in [0.25, 0.3) is 0 Å². The molecule has 1 saturated carbocycles. The van der Waals surface area contributed by atoms with Gasteiger partial charge >= 0.3 is 5.97 Å². The van der Waals surface area contributed by atoms with Gasteiger partial charge in [-0.3, -0.25) is 0 Å². The molecule has 0 atom stereocenters. The molecule has 0 bridgehead atoms. The lowest BCUT2D eigenvalue weighted by molar-refractivity contribution is -0.144. The SMILES string of the molecule is CC(C)(C)[Si](C)(C)OC1(COCC(=O)O)CCCC1. The second-order valence-electron chi connectivity index (χ2n) is 7.14. The van der Waals surface area contributed by atoms with Crippen molar-refractivity contribution in [1.82, 2.24) is 0 Å². The predicted octanol–water partition coefficient (Wildman–Crippen LogP) is 3.42. The Balaban J connectivity index is 2.69. The van der Waals surface area contributed by atoms with Gasteiger partial charge in [-0.1, -0.05) is 33.6 Å². The summed E-state index contributed by atoms with van der Waals surface area (Å²) >= 11 is 0. The standard InChI is InChI=1S/C14H28O4Si/c1-13(2,3)19(4,5)18-14(8-6-7-9-14)11-17-10-12(15)16/h6-11H2,1-5H3,(H,15,16). The van der Waals surface area contributed by atoms with E-state index in [-0.39, 0.29) is 17.2 Å². The van der Waals surface area contributed by atoms with Gasteiger partial charge in [-0.15, -0.1) is 0 Å². The Hall–Kier alpha value is -0.393. The molecule has 0 amide bonds. The fourth-order valence-electron chi connectivity index (χ4n) is 2.31. The van der Waals surface area contributed by atoms with Crippen molar-refractivity contribution in [3.63, 3.8) is 0 Å². The minimum atomic E-state index is -1.85. The molecule has 0 radical (unpaired) electrons. The third-order valence-electron chi connectivity index (χ3n) is 4.38. The third kappa shape index (κ3) is 4.58. The van der Waals surface area contributed by atoms with E-state index in [1.165, 1.54) is 0 Å². The molecule has 4 nitrogen and oxygen atoms in total. The number of carbonyl (C=O) groups is 1. The van der Waals surface area contributed by atoms with E-state index < -0.39 is 14.3 Å². The van der Waals surface area contributed by atoms with Crippen LogP contribution in [0.2, 0.25) is 18.1 Å². The lowest BCUT2D eigenvalue weighted by Crippen LogP contribution is -2.50. The first kappa shape index (κ1) is 16.7. The zero-order chi connectivity index (χ0) is 14.7. The van der Waals surface area contributed by atoms with Gasteiger partial charge in [-0.2, -0.15) is 0 Å². The van der Waals surface area contributed by atoms with Crippen LogP contribution in [0.1, 0.15) is 46.5 Å². The summed E-state index contributed by atoms with van der Waals surface area (Å²) in [6, 6.07) is 0. The van der Waals surface area contributed by atoms with Gasteiger partial charge < -0.3 is 14.3 Å². The van der Waals surface area contributed by atoms with Crippen LogP contribution in [0.3, 0.4) is 0 Å². The Morgan fingerprint density at radius 2 is 1.79 bits per heavy atom. The molecule has 1 rings (SSSR count). The van der Waals surface area contributed by atoms with E-state index in [0.717, 1.165) is 25.7 Å². The lowest BCUT2D eigenvalue weighted by atomic mass is 10.0. The molecule has 1 N–H and O–H groups in total. The van der Waals surface area contributed by atoms with Crippen molar-refractivity contribution >= 4 is 14.3 Å². The molecule has 1 aliphatic rings. The minimum Gasteiger partial charge on any atom is -0.480 e. The number of ether oxygens (including phenoxy) is 1. The van der Waals surface area contributed by atoms with Crippen molar-refractivity contribution in [1.29, 1.82) is 0 Å². The summed E-state index contributed by atoms with van der Waals surface area (Å²) in [5.41, 5.74) is -0.252. The molecule has 1 aliphatic carbocycles. The summed E-state index contributed by atoms with van der Waals surface area (Å²) in [6.07, 6.45) is 4.26. The van der Waals surface area contributed by atoms with E-state index in [1.54, 1.807) is 0 Å². The van der Waals surface area contributed by atoms with E-state index >= 15 is 0 Å². The van der Waals surface area contributed by atoms with Crippen LogP contribution >= 0.6 is 0 Å². The Labute approximate surface area is 117 Å². The molecule has 112 valence electrons. The minimum absolute atomic E-state index is 0.162. The van der Waals surface area contributed by atoms with Gasteiger partial charge in [0.15, 0.2) is 8.32 Å². The first-order valence-electron chi connectivity index (χ1n) is 7.08. The van der Waals surface area contributed by atoms with Crippen molar-refractivity contribution in [2.75, 3.05) is 13.2 Å². The molecule has 0 aromatic rings.